The number of rotatable bonds is 7. The minimum absolute atomic E-state index is 0.251. The van der Waals surface area contributed by atoms with E-state index >= 15 is 0 Å². The van der Waals surface area contributed by atoms with E-state index in [4.69, 9.17) is 4.74 Å². The van der Waals surface area contributed by atoms with Crippen LogP contribution < -0.4 is 5.32 Å². The highest BCUT2D eigenvalue weighted by Crippen LogP contribution is 2.36. The highest BCUT2D eigenvalue weighted by molar-refractivity contribution is 5.85. The summed E-state index contributed by atoms with van der Waals surface area (Å²) < 4.78 is 7.47. The molecule has 0 bridgehead atoms. The maximum Gasteiger partial charge on any atom is 0.326 e. The van der Waals surface area contributed by atoms with Gasteiger partial charge in [0.05, 0.1) is 18.2 Å². The van der Waals surface area contributed by atoms with Crippen LogP contribution in [0, 0.1) is 12.8 Å². The van der Waals surface area contributed by atoms with Crippen LogP contribution in [0.25, 0.3) is 0 Å². The third-order valence-corrected chi connectivity index (χ3v) is 4.47. The lowest BCUT2D eigenvalue weighted by Gasteiger charge is -2.21. The zero-order valence-corrected chi connectivity index (χ0v) is 13.9. The van der Waals surface area contributed by atoms with E-state index in [9.17, 15) is 14.7 Å². The Hall–Kier alpha value is -1.89. The third-order valence-electron chi connectivity index (χ3n) is 4.47. The molecule has 23 heavy (non-hydrogen) atoms. The highest BCUT2D eigenvalue weighted by atomic mass is 16.5. The zero-order chi connectivity index (χ0) is 17.0. The van der Waals surface area contributed by atoms with Gasteiger partial charge in [0.25, 0.3) is 0 Å². The molecule has 2 rings (SSSR count). The SMILES string of the molecule is CCCCC(NC(=O)[C@H]1CCO[C@@H]1c1cnn(C)c1C)C(=O)O. The van der Waals surface area contributed by atoms with E-state index in [1.54, 1.807) is 10.9 Å². The monoisotopic (exact) mass is 323 g/mol. The van der Waals surface area contributed by atoms with Gasteiger partial charge >= 0.3 is 5.97 Å². The summed E-state index contributed by atoms with van der Waals surface area (Å²) in [7, 11) is 1.84. The molecule has 1 aliphatic heterocycles. The van der Waals surface area contributed by atoms with Crippen LogP contribution in [-0.2, 0) is 21.4 Å². The van der Waals surface area contributed by atoms with E-state index in [1.165, 1.54) is 0 Å². The molecule has 3 atom stereocenters. The number of carboxylic acids is 1. The first-order valence-corrected chi connectivity index (χ1v) is 8.09. The molecule has 0 radical (unpaired) electrons. The van der Waals surface area contributed by atoms with Gasteiger partial charge in [-0.15, -0.1) is 0 Å². The lowest BCUT2D eigenvalue weighted by Crippen LogP contribution is -2.44. The summed E-state index contributed by atoms with van der Waals surface area (Å²) in [6, 6.07) is -0.835. The maximum atomic E-state index is 12.5. The van der Waals surface area contributed by atoms with Gasteiger partial charge in [-0.05, 0) is 19.8 Å². The Kier molecular flexibility index (Phi) is 5.76. The van der Waals surface area contributed by atoms with E-state index < -0.39 is 12.0 Å². The van der Waals surface area contributed by atoms with Crippen LogP contribution in [-0.4, -0.2) is 39.4 Å². The second-order valence-electron chi connectivity index (χ2n) is 6.04. The molecule has 1 aromatic heterocycles. The molecular weight excluding hydrogens is 298 g/mol. The average Bonchev–Trinajstić information content (AvgIpc) is 3.11. The molecule has 1 saturated heterocycles. The first kappa shape index (κ1) is 17.5. The Labute approximate surface area is 136 Å². The lowest BCUT2D eigenvalue weighted by molar-refractivity contribution is -0.143. The summed E-state index contributed by atoms with van der Waals surface area (Å²) >= 11 is 0. The second kappa shape index (κ2) is 7.59. The summed E-state index contributed by atoms with van der Waals surface area (Å²) in [4.78, 5) is 23.8. The van der Waals surface area contributed by atoms with Crippen LogP contribution in [0.3, 0.4) is 0 Å². The molecular formula is C16H25N3O4. The van der Waals surface area contributed by atoms with Crippen molar-refractivity contribution in [2.75, 3.05) is 6.61 Å². The van der Waals surface area contributed by atoms with Crippen molar-refractivity contribution in [3.05, 3.63) is 17.5 Å². The van der Waals surface area contributed by atoms with Gasteiger partial charge in [-0.25, -0.2) is 4.79 Å². The van der Waals surface area contributed by atoms with E-state index in [0.29, 0.717) is 19.4 Å². The molecule has 7 nitrogen and oxygen atoms in total. The van der Waals surface area contributed by atoms with Crippen molar-refractivity contribution in [2.45, 2.75) is 51.7 Å². The minimum Gasteiger partial charge on any atom is -0.480 e. The van der Waals surface area contributed by atoms with Crippen molar-refractivity contribution in [1.29, 1.82) is 0 Å². The molecule has 2 N–H and O–H groups in total. The molecule has 0 aliphatic carbocycles. The number of carboxylic acid groups (broad SMARTS) is 1. The van der Waals surface area contributed by atoms with Crippen LogP contribution in [0.5, 0.6) is 0 Å². The molecule has 1 fully saturated rings. The topological polar surface area (TPSA) is 93.5 Å². The third kappa shape index (κ3) is 3.90. The second-order valence-corrected chi connectivity index (χ2v) is 6.04. The van der Waals surface area contributed by atoms with Crippen molar-refractivity contribution >= 4 is 11.9 Å². The molecule has 1 unspecified atom stereocenters. The number of hydrogen-bond donors (Lipinski definition) is 2. The van der Waals surface area contributed by atoms with Gasteiger partial charge in [-0.3, -0.25) is 9.48 Å². The molecule has 0 aromatic carbocycles. The van der Waals surface area contributed by atoms with Crippen LogP contribution in [0.4, 0.5) is 0 Å². The Bertz CT molecular complexity index is 570. The number of aliphatic carboxylic acids is 1. The summed E-state index contributed by atoms with van der Waals surface area (Å²) in [6.45, 7) is 4.41. The number of unbranched alkanes of at least 4 members (excludes halogenated alkanes) is 1. The molecule has 1 aromatic rings. The number of amides is 1. The van der Waals surface area contributed by atoms with Crippen molar-refractivity contribution in [3.63, 3.8) is 0 Å². The van der Waals surface area contributed by atoms with Crippen LogP contribution in [0.1, 0.15) is 50.0 Å². The fourth-order valence-corrected chi connectivity index (χ4v) is 2.90. The summed E-state index contributed by atoms with van der Waals surface area (Å²) in [6.07, 6.45) is 4.06. The summed E-state index contributed by atoms with van der Waals surface area (Å²) in [5.74, 6) is -1.61. The van der Waals surface area contributed by atoms with Gasteiger partial charge in [-0.2, -0.15) is 5.10 Å². The quantitative estimate of drug-likeness (QED) is 0.794. The molecule has 7 heteroatoms. The van der Waals surface area contributed by atoms with Crippen molar-refractivity contribution < 1.29 is 19.4 Å². The molecule has 1 amide bonds. The molecule has 0 saturated carbocycles. The number of aryl methyl sites for hydroxylation is 1. The number of hydrogen-bond acceptors (Lipinski definition) is 4. The van der Waals surface area contributed by atoms with Crippen molar-refractivity contribution in [1.82, 2.24) is 15.1 Å². The first-order chi connectivity index (χ1) is 11.0. The predicted molar refractivity (Wildman–Crippen MR) is 83.8 cm³/mol. The number of aromatic nitrogens is 2. The van der Waals surface area contributed by atoms with Crippen LogP contribution in [0.2, 0.25) is 0 Å². The van der Waals surface area contributed by atoms with E-state index in [1.807, 2.05) is 20.9 Å². The van der Waals surface area contributed by atoms with E-state index in [-0.39, 0.29) is 17.9 Å². The van der Waals surface area contributed by atoms with E-state index in [0.717, 1.165) is 24.1 Å². The largest absolute Gasteiger partial charge is 0.480 e. The van der Waals surface area contributed by atoms with Crippen LogP contribution in [0.15, 0.2) is 6.20 Å². The average molecular weight is 323 g/mol. The summed E-state index contributed by atoms with van der Waals surface area (Å²) in [5.41, 5.74) is 1.85. The van der Waals surface area contributed by atoms with Gasteiger partial charge in [0.15, 0.2) is 0 Å². The maximum absolute atomic E-state index is 12.5. The molecule has 128 valence electrons. The Balaban J connectivity index is 2.08. The predicted octanol–water partition coefficient (Wildman–Crippen LogP) is 1.57. The molecule has 2 heterocycles. The standard InChI is InChI=1S/C16H25N3O4/c1-4-5-6-13(16(21)22)18-15(20)11-7-8-23-14(11)12-9-17-19(3)10(12)2/h9,11,13-14H,4-8H2,1-3H3,(H,18,20)(H,21,22)/t11-,13?,14-/m0/s1. The molecule has 1 aliphatic rings. The Morgan fingerprint density at radius 3 is 2.87 bits per heavy atom. The van der Waals surface area contributed by atoms with Gasteiger partial charge in [0.1, 0.15) is 6.04 Å². The minimum atomic E-state index is -0.986. The fraction of sp³-hybridized carbons (Fsp3) is 0.688. The first-order valence-electron chi connectivity index (χ1n) is 8.09. The van der Waals surface area contributed by atoms with Gasteiger partial charge < -0.3 is 15.2 Å². The van der Waals surface area contributed by atoms with Gasteiger partial charge in [-0.1, -0.05) is 19.8 Å². The van der Waals surface area contributed by atoms with Gasteiger partial charge in [0, 0.05) is 24.9 Å². The highest BCUT2D eigenvalue weighted by Gasteiger charge is 2.38. The number of nitrogens with zero attached hydrogens (tertiary/aromatic N) is 2. The van der Waals surface area contributed by atoms with Crippen molar-refractivity contribution in [3.8, 4) is 0 Å². The number of nitrogens with one attached hydrogen (secondary N) is 1. The number of ether oxygens (including phenoxy) is 1. The Morgan fingerprint density at radius 1 is 1.57 bits per heavy atom. The van der Waals surface area contributed by atoms with Crippen molar-refractivity contribution in [2.24, 2.45) is 13.0 Å². The van der Waals surface area contributed by atoms with E-state index in [2.05, 4.69) is 10.4 Å². The number of carbonyl (C=O) groups excluding carboxylic acids is 1. The van der Waals surface area contributed by atoms with Crippen LogP contribution >= 0.6 is 0 Å². The smallest absolute Gasteiger partial charge is 0.326 e. The lowest BCUT2D eigenvalue weighted by atomic mass is 9.94. The fourth-order valence-electron chi connectivity index (χ4n) is 2.90. The molecule has 0 spiro atoms. The zero-order valence-electron chi connectivity index (χ0n) is 13.9. The summed E-state index contributed by atoms with van der Waals surface area (Å²) in [5, 5.41) is 16.1. The Morgan fingerprint density at radius 2 is 2.30 bits per heavy atom. The van der Waals surface area contributed by atoms with Gasteiger partial charge in [0.2, 0.25) is 5.91 Å². The number of carbonyl (C=O) groups is 2. The normalized spacial score (nSPS) is 22.0.